The summed E-state index contributed by atoms with van der Waals surface area (Å²) in [6.07, 6.45) is 3.52. The smallest absolute Gasteiger partial charge is 0.273 e. The van der Waals surface area contributed by atoms with Gasteiger partial charge in [-0.1, -0.05) is 49.9 Å². The van der Waals surface area contributed by atoms with Gasteiger partial charge in [-0.15, -0.1) is 0 Å². The van der Waals surface area contributed by atoms with Gasteiger partial charge in [-0.25, -0.2) is 4.98 Å². The summed E-state index contributed by atoms with van der Waals surface area (Å²) < 4.78 is 1.52. The Labute approximate surface area is 99.0 Å². The Morgan fingerprint density at radius 2 is 2.00 bits per heavy atom. The zero-order chi connectivity index (χ0) is 11.4. The van der Waals surface area contributed by atoms with Crippen molar-refractivity contribution in [1.82, 2.24) is 9.55 Å². The molecule has 0 aliphatic heterocycles. The van der Waals surface area contributed by atoms with Crippen LogP contribution in [-0.2, 0) is 6.54 Å². The van der Waals surface area contributed by atoms with Crippen LogP contribution < -0.4 is 5.56 Å². The normalized spacial score (nSPS) is 11.0. The Morgan fingerprint density at radius 3 is 2.53 bits per heavy atom. The monoisotopic (exact) mass is 248 g/mol. The SMILES string of the molecule is CCC(CC)Cn1cnc(Cl)c(Cl)c1=O. The lowest BCUT2D eigenvalue weighted by Gasteiger charge is -2.13. The number of hydrogen-bond donors (Lipinski definition) is 0. The molecule has 3 nitrogen and oxygen atoms in total. The highest BCUT2D eigenvalue weighted by molar-refractivity contribution is 6.40. The van der Waals surface area contributed by atoms with Crippen LogP contribution in [-0.4, -0.2) is 9.55 Å². The van der Waals surface area contributed by atoms with Crippen molar-refractivity contribution in [3.63, 3.8) is 0 Å². The second kappa shape index (κ2) is 5.52. The fraction of sp³-hybridized carbons (Fsp3) is 0.600. The average molecular weight is 249 g/mol. The quantitative estimate of drug-likeness (QED) is 0.769. The van der Waals surface area contributed by atoms with Crippen LogP contribution in [0.3, 0.4) is 0 Å². The second-order valence-corrected chi connectivity index (χ2v) is 4.23. The van der Waals surface area contributed by atoms with E-state index in [-0.39, 0.29) is 15.7 Å². The number of nitrogens with zero attached hydrogens (tertiary/aromatic N) is 2. The van der Waals surface area contributed by atoms with Crippen LogP contribution in [0.25, 0.3) is 0 Å². The van der Waals surface area contributed by atoms with Gasteiger partial charge in [-0.3, -0.25) is 9.36 Å². The highest BCUT2D eigenvalue weighted by Gasteiger charge is 2.10. The molecule has 0 amide bonds. The molecule has 1 aromatic rings. The minimum Gasteiger partial charge on any atom is -0.298 e. The first-order chi connectivity index (χ1) is 7.10. The molecule has 15 heavy (non-hydrogen) atoms. The molecule has 84 valence electrons. The fourth-order valence-electron chi connectivity index (χ4n) is 1.40. The van der Waals surface area contributed by atoms with E-state index in [1.54, 1.807) is 0 Å². The summed E-state index contributed by atoms with van der Waals surface area (Å²) in [7, 11) is 0. The number of hydrogen-bond acceptors (Lipinski definition) is 2. The van der Waals surface area contributed by atoms with Crippen molar-refractivity contribution in [3.8, 4) is 0 Å². The molecule has 0 bridgehead atoms. The Kier molecular flexibility index (Phi) is 4.61. The van der Waals surface area contributed by atoms with E-state index in [1.165, 1.54) is 10.9 Å². The number of aromatic nitrogens is 2. The zero-order valence-electron chi connectivity index (χ0n) is 8.83. The van der Waals surface area contributed by atoms with Gasteiger partial charge in [-0.2, -0.15) is 0 Å². The van der Waals surface area contributed by atoms with Crippen molar-refractivity contribution in [1.29, 1.82) is 0 Å². The largest absolute Gasteiger partial charge is 0.298 e. The predicted octanol–water partition coefficient (Wildman–Crippen LogP) is 2.99. The highest BCUT2D eigenvalue weighted by Crippen LogP contribution is 2.14. The first-order valence-corrected chi connectivity index (χ1v) is 5.76. The summed E-state index contributed by atoms with van der Waals surface area (Å²) in [4.78, 5) is 15.5. The van der Waals surface area contributed by atoms with Gasteiger partial charge in [-0.05, 0) is 5.92 Å². The third-order valence-electron chi connectivity index (χ3n) is 2.55. The van der Waals surface area contributed by atoms with Crippen molar-refractivity contribution >= 4 is 23.2 Å². The van der Waals surface area contributed by atoms with E-state index in [1.807, 2.05) is 0 Å². The molecular weight excluding hydrogens is 235 g/mol. The van der Waals surface area contributed by atoms with Gasteiger partial charge in [0, 0.05) is 6.54 Å². The summed E-state index contributed by atoms with van der Waals surface area (Å²) in [5, 5.41) is 0.0765. The van der Waals surface area contributed by atoms with Gasteiger partial charge in [0.15, 0.2) is 5.15 Å². The van der Waals surface area contributed by atoms with Crippen LogP contribution >= 0.6 is 23.2 Å². The molecule has 0 atom stereocenters. The van der Waals surface area contributed by atoms with Gasteiger partial charge in [0.2, 0.25) is 0 Å². The Morgan fingerprint density at radius 1 is 1.40 bits per heavy atom. The summed E-state index contributed by atoms with van der Waals surface area (Å²) in [6, 6.07) is 0. The molecule has 0 saturated heterocycles. The Hall–Kier alpha value is -0.540. The van der Waals surface area contributed by atoms with Crippen LogP contribution in [0.15, 0.2) is 11.1 Å². The molecule has 0 radical (unpaired) electrons. The summed E-state index contributed by atoms with van der Waals surface area (Å²) in [5.41, 5.74) is -0.261. The van der Waals surface area contributed by atoms with Gasteiger partial charge in [0.05, 0.1) is 6.33 Å². The van der Waals surface area contributed by atoms with Gasteiger partial charge in [0.25, 0.3) is 5.56 Å². The molecule has 5 heteroatoms. The van der Waals surface area contributed by atoms with E-state index >= 15 is 0 Å². The first-order valence-electron chi connectivity index (χ1n) is 5.00. The van der Waals surface area contributed by atoms with Gasteiger partial charge in [0.1, 0.15) is 5.02 Å². The number of halogens is 2. The maximum absolute atomic E-state index is 11.7. The van der Waals surface area contributed by atoms with E-state index in [0.717, 1.165) is 12.8 Å². The summed E-state index contributed by atoms with van der Waals surface area (Å²) >= 11 is 11.4. The molecule has 1 aromatic heterocycles. The van der Waals surface area contributed by atoms with Crippen molar-refractivity contribution < 1.29 is 0 Å². The molecule has 0 aliphatic carbocycles. The summed E-state index contributed by atoms with van der Waals surface area (Å²) in [5.74, 6) is 0.474. The third-order valence-corrected chi connectivity index (χ3v) is 3.27. The number of rotatable bonds is 4. The van der Waals surface area contributed by atoms with E-state index < -0.39 is 0 Å². The molecule has 0 aromatic carbocycles. The van der Waals surface area contributed by atoms with E-state index in [0.29, 0.717) is 12.5 Å². The van der Waals surface area contributed by atoms with Crippen molar-refractivity contribution in [2.45, 2.75) is 33.2 Å². The second-order valence-electron chi connectivity index (χ2n) is 3.49. The molecular formula is C10H14Cl2N2O. The lowest BCUT2D eigenvalue weighted by molar-refractivity contribution is 0.409. The first kappa shape index (κ1) is 12.5. The van der Waals surface area contributed by atoms with Crippen LogP contribution in [0.5, 0.6) is 0 Å². The van der Waals surface area contributed by atoms with Gasteiger partial charge < -0.3 is 0 Å². The lowest BCUT2D eigenvalue weighted by atomic mass is 10.0. The van der Waals surface area contributed by atoms with Crippen LogP contribution in [0.2, 0.25) is 10.2 Å². The Balaban J connectivity index is 2.96. The fourth-order valence-corrected chi connectivity index (χ4v) is 1.68. The van der Waals surface area contributed by atoms with E-state index in [9.17, 15) is 4.79 Å². The predicted molar refractivity (Wildman–Crippen MR) is 62.6 cm³/mol. The van der Waals surface area contributed by atoms with Crippen molar-refractivity contribution in [2.24, 2.45) is 5.92 Å². The minimum atomic E-state index is -0.261. The third kappa shape index (κ3) is 2.95. The van der Waals surface area contributed by atoms with Gasteiger partial charge >= 0.3 is 0 Å². The molecule has 1 rings (SSSR count). The average Bonchev–Trinajstić information content (AvgIpc) is 2.25. The van der Waals surface area contributed by atoms with Crippen LogP contribution in [0.1, 0.15) is 26.7 Å². The van der Waals surface area contributed by atoms with E-state index in [2.05, 4.69) is 18.8 Å². The topological polar surface area (TPSA) is 34.9 Å². The molecule has 0 saturated carbocycles. The highest BCUT2D eigenvalue weighted by atomic mass is 35.5. The zero-order valence-corrected chi connectivity index (χ0v) is 10.3. The van der Waals surface area contributed by atoms with Crippen LogP contribution in [0, 0.1) is 5.92 Å². The molecule has 0 fully saturated rings. The molecule has 1 heterocycles. The Bertz CT molecular complexity index is 385. The molecule has 0 unspecified atom stereocenters. The lowest BCUT2D eigenvalue weighted by Crippen LogP contribution is -2.24. The molecule has 0 spiro atoms. The summed E-state index contributed by atoms with van der Waals surface area (Å²) in [6.45, 7) is 4.85. The molecule has 0 N–H and O–H groups in total. The maximum atomic E-state index is 11.7. The van der Waals surface area contributed by atoms with Crippen molar-refractivity contribution in [2.75, 3.05) is 0 Å². The van der Waals surface area contributed by atoms with Crippen molar-refractivity contribution in [3.05, 3.63) is 26.9 Å². The molecule has 0 aliphatic rings. The maximum Gasteiger partial charge on any atom is 0.273 e. The van der Waals surface area contributed by atoms with Crippen LogP contribution in [0.4, 0.5) is 0 Å². The standard InChI is InChI=1S/C10H14Cl2N2O/c1-3-7(4-2)5-14-6-13-9(12)8(11)10(14)15/h6-7H,3-5H2,1-2H3. The minimum absolute atomic E-state index is 0.00474. The van der Waals surface area contributed by atoms with E-state index in [4.69, 9.17) is 23.2 Å².